The predicted octanol–water partition coefficient (Wildman–Crippen LogP) is 4.92. The Balaban J connectivity index is 1.43. The van der Waals surface area contributed by atoms with Gasteiger partial charge in [-0.05, 0) is 69.5 Å². The van der Waals surface area contributed by atoms with Crippen LogP contribution in [-0.4, -0.2) is 58.4 Å². The molecule has 0 bridgehead atoms. The number of rotatable bonds is 2. The molecule has 0 fully saturated rings. The minimum atomic E-state index is -0.350. The van der Waals surface area contributed by atoms with Crippen molar-refractivity contribution in [1.82, 2.24) is 19.2 Å². The third-order valence-electron chi connectivity index (χ3n) is 7.52. The Morgan fingerprint density at radius 3 is 2.64 bits per heavy atom. The van der Waals surface area contributed by atoms with Crippen LogP contribution in [0.4, 0.5) is 0 Å². The molecule has 5 rings (SSSR count). The van der Waals surface area contributed by atoms with Gasteiger partial charge in [0.25, 0.3) is 11.5 Å². The maximum atomic E-state index is 13.7. The third-order valence-corrected chi connectivity index (χ3v) is 7.52. The van der Waals surface area contributed by atoms with Crippen LogP contribution in [0.1, 0.15) is 52.2 Å². The van der Waals surface area contributed by atoms with Gasteiger partial charge >= 0.3 is 0 Å². The summed E-state index contributed by atoms with van der Waals surface area (Å²) in [7, 11) is 2.16. The molecule has 1 aliphatic rings. The zero-order valence-electron chi connectivity index (χ0n) is 22.8. The SMILES string of the molecule is Cc1ccc2c(c1)CN(C)CCC(c1ccccc1)CCCN(C(=O)c1cnc3ccccn3c1=O)CCO2. The Labute approximate surface area is 229 Å². The van der Waals surface area contributed by atoms with Crippen molar-refractivity contribution in [1.29, 1.82) is 0 Å². The van der Waals surface area contributed by atoms with Gasteiger partial charge in [-0.3, -0.25) is 14.0 Å². The summed E-state index contributed by atoms with van der Waals surface area (Å²) >= 11 is 0. The van der Waals surface area contributed by atoms with E-state index < -0.39 is 0 Å². The van der Waals surface area contributed by atoms with Crippen LogP contribution in [0.3, 0.4) is 0 Å². The van der Waals surface area contributed by atoms with Crippen molar-refractivity contribution in [3.63, 3.8) is 0 Å². The Kier molecular flexibility index (Phi) is 8.37. The van der Waals surface area contributed by atoms with Crippen molar-refractivity contribution in [2.24, 2.45) is 0 Å². The molecule has 1 unspecified atom stereocenters. The molecular weight excluding hydrogens is 488 g/mol. The second kappa shape index (κ2) is 12.3. The number of fused-ring (bicyclic) bond motifs is 2. The molecule has 1 amide bonds. The van der Waals surface area contributed by atoms with Crippen molar-refractivity contribution < 1.29 is 9.53 Å². The van der Waals surface area contributed by atoms with Crippen molar-refractivity contribution in [3.8, 4) is 5.75 Å². The lowest BCUT2D eigenvalue weighted by Gasteiger charge is -2.27. The molecule has 3 heterocycles. The summed E-state index contributed by atoms with van der Waals surface area (Å²) in [4.78, 5) is 35.3. The van der Waals surface area contributed by atoms with E-state index in [1.165, 1.54) is 21.7 Å². The molecule has 0 saturated carbocycles. The van der Waals surface area contributed by atoms with Gasteiger partial charge in [-0.1, -0.05) is 54.1 Å². The van der Waals surface area contributed by atoms with E-state index in [4.69, 9.17) is 4.74 Å². The minimum Gasteiger partial charge on any atom is -0.491 e. The lowest BCUT2D eigenvalue weighted by molar-refractivity contribution is 0.0722. The monoisotopic (exact) mass is 524 g/mol. The Hall–Kier alpha value is -3.97. The van der Waals surface area contributed by atoms with Crippen LogP contribution in [0.25, 0.3) is 5.65 Å². The zero-order chi connectivity index (χ0) is 27.2. The molecule has 39 heavy (non-hydrogen) atoms. The topological polar surface area (TPSA) is 67.1 Å². The Morgan fingerprint density at radius 2 is 1.79 bits per heavy atom. The highest BCUT2D eigenvalue weighted by molar-refractivity contribution is 5.93. The first-order valence-electron chi connectivity index (χ1n) is 13.7. The third kappa shape index (κ3) is 6.37. The van der Waals surface area contributed by atoms with Gasteiger partial charge in [-0.2, -0.15) is 0 Å². The Morgan fingerprint density at radius 1 is 0.974 bits per heavy atom. The molecule has 4 aromatic rings. The van der Waals surface area contributed by atoms with Crippen molar-refractivity contribution in [3.05, 3.63) is 112 Å². The van der Waals surface area contributed by atoms with Gasteiger partial charge in [0, 0.05) is 31.0 Å². The number of aryl methyl sites for hydroxylation is 1. The molecule has 0 saturated heterocycles. The van der Waals surface area contributed by atoms with Gasteiger partial charge in [0.05, 0.1) is 6.54 Å². The summed E-state index contributed by atoms with van der Waals surface area (Å²) in [5.74, 6) is 0.917. The predicted molar refractivity (Wildman–Crippen MR) is 153 cm³/mol. The average molecular weight is 525 g/mol. The normalized spacial score (nSPS) is 17.7. The molecule has 0 spiro atoms. The fourth-order valence-corrected chi connectivity index (χ4v) is 5.37. The number of amides is 1. The number of ether oxygens (including phenoxy) is 1. The highest BCUT2D eigenvalue weighted by atomic mass is 16.5. The molecule has 0 N–H and O–H groups in total. The molecule has 2 aromatic carbocycles. The van der Waals surface area contributed by atoms with Crippen molar-refractivity contribution >= 4 is 11.6 Å². The largest absolute Gasteiger partial charge is 0.491 e. The molecule has 2 aromatic heterocycles. The van der Waals surface area contributed by atoms with E-state index in [-0.39, 0.29) is 17.0 Å². The molecule has 1 aliphatic heterocycles. The summed E-state index contributed by atoms with van der Waals surface area (Å²) in [5.41, 5.74) is 3.91. The summed E-state index contributed by atoms with van der Waals surface area (Å²) in [6.45, 7) is 5.10. The second-order valence-electron chi connectivity index (χ2n) is 10.4. The summed E-state index contributed by atoms with van der Waals surface area (Å²) < 4.78 is 7.65. The molecular formula is C32H36N4O3. The van der Waals surface area contributed by atoms with Gasteiger partial charge in [-0.25, -0.2) is 4.98 Å². The number of aromatic nitrogens is 2. The zero-order valence-corrected chi connectivity index (χ0v) is 22.8. The van der Waals surface area contributed by atoms with E-state index in [0.717, 1.165) is 43.7 Å². The van der Waals surface area contributed by atoms with Gasteiger partial charge in [-0.15, -0.1) is 0 Å². The minimum absolute atomic E-state index is 0.0806. The first-order chi connectivity index (χ1) is 19.0. The second-order valence-corrected chi connectivity index (χ2v) is 10.4. The van der Waals surface area contributed by atoms with Gasteiger partial charge in [0.15, 0.2) is 0 Å². The van der Waals surface area contributed by atoms with Crippen LogP contribution in [-0.2, 0) is 6.54 Å². The number of benzene rings is 2. The fraction of sp³-hybridized carbons (Fsp3) is 0.344. The number of carbonyl (C=O) groups excluding carboxylic acids is 1. The maximum Gasteiger partial charge on any atom is 0.270 e. The Bertz CT molecular complexity index is 1480. The van der Waals surface area contributed by atoms with E-state index >= 15 is 0 Å². The average Bonchev–Trinajstić information content (AvgIpc) is 2.95. The summed E-state index contributed by atoms with van der Waals surface area (Å²) in [6, 6.07) is 22.2. The summed E-state index contributed by atoms with van der Waals surface area (Å²) in [6.07, 6.45) is 5.85. The molecule has 202 valence electrons. The van der Waals surface area contributed by atoms with Gasteiger partial charge in [0.2, 0.25) is 0 Å². The van der Waals surface area contributed by atoms with Gasteiger partial charge in [0.1, 0.15) is 23.6 Å². The van der Waals surface area contributed by atoms with Crippen LogP contribution in [0.5, 0.6) is 5.75 Å². The highest BCUT2D eigenvalue weighted by Gasteiger charge is 2.22. The van der Waals surface area contributed by atoms with Crippen LogP contribution < -0.4 is 10.3 Å². The molecule has 0 aliphatic carbocycles. The lowest BCUT2D eigenvalue weighted by atomic mass is 9.91. The lowest BCUT2D eigenvalue weighted by Crippen LogP contribution is -2.39. The standard InChI is InChI=1S/C32H36N4O3/c1-24-13-14-29-27(21-24)23-34(2)18-15-26(25-9-4-3-5-10-25)11-8-16-35(19-20-39-29)31(37)28-22-33-30-12-6-7-17-36(30)32(28)38/h3-7,9-10,12-14,17,21-22,26H,8,11,15-16,18-20,23H2,1-2H3. The van der Waals surface area contributed by atoms with Crippen molar-refractivity contribution in [2.75, 3.05) is 33.3 Å². The van der Waals surface area contributed by atoms with Crippen LogP contribution in [0, 0.1) is 6.92 Å². The van der Waals surface area contributed by atoms with Crippen molar-refractivity contribution in [2.45, 2.75) is 38.6 Å². The molecule has 7 nitrogen and oxygen atoms in total. The van der Waals surface area contributed by atoms with Crippen LogP contribution >= 0.6 is 0 Å². The van der Waals surface area contributed by atoms with E-state index in [0.29, 0.717) is 31.3 Å². The van der Waals surface area contributed by atoms with Crippen LogP contribution in [0.15, 0.2) is 83.9 Å². The van der Waals surface area contributed by atoms with E-state index in [9.17, 15) is 9.59 Å². The van der Waals surface area contributed by atoms with Gasteiger partial charge < -0.3 is 14.5 Å². The number of carbonyl (C=O) groups is 1. The smallest absolute Gasteiger partial charge is 0.270 e. The first-order valence-corrected chi connectivity index (χ1v) is 13.7. The first kappa shape index (κ1) is 26.6. The summed E-state index contributed by atoms with van der Waals surface area (Å²) in [5, 5.41) is 0. The number of hydrogen-bond donors (Lipinski definition) is 0. The number of hydrogen-bond acceptors (Lipinski definition) is 5. The van der Waals surface area contributed by atoms with E-state index in [1.807, 2.05) is 12.1 Å². The molecule has 7 heteroatoms. The fourth-order valence-electron chi connectivity index (χ4n) is 5.37. The van der Waals surface area contributed by atoms with E-state index in [2.05, 4.69) is 66.3 Å². The van der Waals surface area contributed by atoms with E-state index in [1.54, 1.807) is 23.2 Å². The number of pyridine rings is 1. The molecule has 1 atom stereocenters. The molecule has 0 radical (unpaired) electrons. The number of nitrogens with zero attached hydrogens (tertiary/aromatic N) is 4. The quantitative estimate of drug-likeness (QED) is 0.372. The van der Waals surface area contributed by atoms with Crippen LogP contribution in [0.2, 0.25) is 0 Å². The maximum absolute atomic E-state index is 13.7. The highest BCUT2D eigenvalue weighted by Crippen LogP contribution is 2.27.